The van der Waals surface area contributed by atoms with E-state index in [1.54, 1.807) is 12.4 Å². The van der Waals surface area contributed by atoms with Crippen LogP contribution in [0.25, 0.3) is 0 Å². The van der Waals surface area contributed by atoms with Gasteiger partial charge in [-0.1, -0.05) is 12.1 Å². The second-order valence-electron chi connectivity index (χ2n) is 5.05. The van der Waals surface area contributed by atoms with Crippen LogP contribution in [0, 0.1) is 6.92 Å². The SMILES string of the molecule is Cc1cnc(C(=O)CCc2ccc3c(c2)CCO3)nc1. The molecule has 0 amide bonds. The van der Waals surface area contributed by atoms with Gasteiger partial charge < -0.3 is 4.74 Å². The maximum Gasteiger partial charge on any atom is 0.200 e. The second-order valence-corrected chi connectivity index (χ2v) is 5.05. The number of aryl methyl sites for hydroxylation is 2. The summed E-state index contributed by atoms with van der Waals surface area (Å²) in [5, 5.41) is 0. The van der Waals surface area contributed by atoms with E-state index < -0.39 is 0 Å². The Kier molecular flexibility index (Phi) is 3.46. The van der Waals surface area contributed by atoms with Gasteiger partial charge in [0.15, 0.2) is 11.6 Å². The van der Waals surface area contributed by atoms with Crippen LogP contribution in [0.4, 0.5) is 0 Å². The van der Waals surface area contributed by atoms with Crippen molar-refractivity contribution in [3.63, 3.8) is 0 Å². The normalized spacial score (nSPS) is 12.8. The molecule has 0 atom stereocenters. The molecule has 0 bridgehead atoms. The first-order valence-electron chi connectivity index (χ1n) is 6.79. The van der Waals surface area contributed by atoms with Crippen molar-refractivity contribution >= 4 is 5.78 Å². The Morgan fingerprint density at radius 3 is 2.90 bits per heavy atom. The second kappa shape index (κ2) is 5.41. The Morgan fingerprint density at radius 2 is 2.10 bits per heavy atom. The average Bonchev–Trinajstić information content (AvgIpc) is 2.93. The largest absolute Gasteiger partial charge is 0.493 e. The van der Waals surface area contributed by atoms with Gasteiger partial charge in [0, 0.05) is 25.2 Å². The van der Waals surface area contributed by atoms with E-state index in [0.717, 1.165) is 29.9 Å². The fourth-order valence-electron chi connectivity index (χ4n) is 2.30. The Labute approximate surface area is 117 Å². The highest BCUT2D eigenvalue weighted by molar-refractivity contribution is 5.92. The van der Waals surface area contributed by atoms with Crippen LogP contribution < -0.4 is 4.74 Å². The number of carbonyl (C=O) groups is 1. The van der Waals surface area contributed by atoms with Crippen molar-refractivity contribution in [2.24, 2.45) is 0 Å². The van der Waals surface area contributed by atoms with Gasteiger partial charge in [-0.05, 0) is 36.1 Å². The molecule has 0 radical (unpaired) electrons. The van der Waals surface area contributed by atoms with Gasteiger partial charge >= 0.3 is 0 Å². The molecule has 102 valence electrons. The molecule has 1 aromatic carbocycles. The zero-order valence-corrected chi connectivity index (χ0v) is 11.4. The third-order valence-corrected chi connectivity index (χ3v) is 3.42. The third-order valence-electron chi connectivity index (χ3n) is 3.42. The van der Waals surface area contributed by atoms with Gasteiger partial charge in [-0.25, -0.2) is 9.97 Å². The van der Waals surface area contributed by atoms with Crippen molar-refractivity contribution in [3.05, 3.63) is 53.1 Å². The summed E-state index contributed by atoms with van der Waals surface area (Å²) in [6.45, 7) is 2.66. The number of carbonyl (C=O) groups excluding carboxylic acids is 1. The summed E-state index contributed by atoms with van der Waals surface area (Å²) in [7, 11) is 0. The number of fused-ring (bicyclic) bond motifs is 1. The first-order chi connectivity index (χ1) is 9.72. The van der Waals surface area contributed by atoms with Gasteiger partial charge in [-0.15, -0.1) is 0 Å². The Balaban J connectivity index is 1.64. The number of rotatable bonds is 4. The highest BCUT2D eigenvalue weighted by Crippen LogP contribution is 2.26. The molecule has 0 aliphatic carbocycles. The molecule has 0 spiro atoms. The predicted molar refractivity (Wildman–Crippen MR) is 75.1 cm³/mol. The summed E-state index contributed by atoms with van der Waals surface area (Å²) >= 11 is 0. The monoisotopic (exact) mass is 268 g/mol. The number of ketones is 1. The summed E-state index contributed by atoms with van der Waals surface area (Å²) in [6, 6.07) is 6.14. The summed E-state index contributed by atoms with van der Waals surface area (Å²) in [4.78, 5) is 20.1. The van der Waals surface area contributed by atoms with Crippen molar-refractivity contribution in [2.75, 3.05) is 6.61 Å². The molecule has 4 heteroatoms. The number of nitrogens with zero attached hydrogens (tertiary/aromatic N) is 2. The molecule has 4 nitrogen and oxygen atoms in total. The molecule has 1 aliphatic rings. The zero-order valence-electron chi connectivity index (χ0n) is 11.4. The zero-order chi connectivity index (χ0) is 13.9. The minimum Gasteiger partial charge on any atom is -0.493 e. The molecule has 0 saturated heterocycles. The van der Waals surface area contributed by atoms with Crippen LogP contribution in [-0.4, -0.2) is 22.4 Å². The summed E-state index contributed by atoms with van der Waals surface area (Å²) in [5.41, 5.74) is 3.36. The van der Waals surface area contributed by atoms with Crippen LogP contribution in [0.3, 0.4) is 0 Å². The summed E-state index contributed by atoms with van der Waals surface area (Å²) < 4.78 is 5.47. The first-order valence-corrected chi connectivity index (χ1v) is 6.79. The van der Waals surface area contributed by atoms with E-state index in [2.05, 4.69) is 16.0 Å². The third kappa shape index (κ3) is 2.69. The minimum absolute atomic E-state index is 0.0123. The fourth-order valence-corrected chi connectivity index (χ4v) is 2.30. The number of ether oxygens (including phenoxy) is 1. The maximum atomic E-state index is 12.0. The van der Waals surface area contributed by atoms with E-state index in [1.165, 1.54) is 5.56 Å². The van der Waals surface area contributed by atoms with Crippen molar-refractivity contribution < 1.29 is 9.53 Å². The highest BCUT2D eigenvalue weighted by atomic mass is 16.5. The first kappa shape index (κ1) is 12.8. The molecule has 2 heterocycles. The number of hydrogen-bond donors (Lipinski definition) is 0. The number of aromatic nitrogens is 2. The maximum absolute atomic E-state index is 12.0. The molecule has 2 aromatic rings. The number of Topliss-reactive ketones (excluding diaryl/α,β-unsaturated/α-hetero) is 1. The van der Waals surface area contributed by atoms with E-state index in [9.17, 15) is 4.79 Å². The van der Waals surface area contributed by atoms with Crippen molar-refractivity contribution in [1.29, 1.82) is 0 Å². The van der Waals surface area contributed by atoms with Crippen molar-refractivity contribution in [3.8, 4) is 5.75 Å². The molecule has 0 unspecified atom stereocenters. The highest BCUT2D eigenvalue weighted by Gasteiger charge is 2.13. The predicted octanol–water partition coefficient (Wildman–Crippen LogP) is 2.54. The average molecular weight is 268 g/mol. The van der Waals surface area contributed by atoms with Crippen LogP contribution in [0.1, 0.15) is 33.7 Å². The van der Waals surface area contributed by atoms with E-state index in [4.69, 9.17) is 4.74 Å². The molecule has 0 fully saturated rings. The van der Waals surface area contributed by atoms with Crippen LogP contribution in [0.15, 0.2) is 30.6 Å². The van der Waals surface area contributed by atoms with E-state index in [1.807, 2.05) is 19.1 Å². The van der Waals surface area contributed by atoms with Crippen LogP contribution >= 0.6 is 0 Å². The molecule has 0 N–H and O–H groups in total. The van der Waals surface area contributed by atoms with Crippen LogP contribution in [-0.2, 0) is 12.8 Å². The van der Waals surface area contributed by atoms with Crippen LogP contribution in [0.5, 0.6) is 5.75 Å². The van der Waals surface area contributed by atoms with Crippen LogP contribution in [0.2, 0.25) is 0 Å². The Morgan fingerprint density at radius 1 is 1.30 bits per heavy atom. The van der Waals surface area contributed by atoms with E-state index in [0.29, 0.717) is 18.7 Å². The molecule has 1 aromatic heterocycles. The topological polar surface area (TPSA) is 52.1 Å². The number of benzene rings is 1. The van der Waals surface area contributed by atoms with Crippen molar-refractivity contribution in [1.82, 2.24) is 9.97 Å². The van der Waals surface area contributed by atoms with Crippen molar-refractivity contribution in [2.45, 2.75) is 26.2 Å². The van der Waals surface area contributed by atoms with Gasteiger partial charge in [0.05, 0.1) is 6.61 Å². The Bertz CT molecular complexity index is 635. The van der Waals surface area contributed by atoms with Gasteiger partial charge in [-0.2, -0.15) is 0 Å². The van der Waals surface area contributed by atoms with Gasteiger partial charge in [0.1, 0.15) is 5.75 Å². The van der Waals surface area contributed by atoms with E-state index >= 15 is 0 Å². The molecule has 3 rings (SSSR count). The standard InChI is InChI=1S/C16H16N2O2/c1-11-9-17-16(18-10-11)14(19)4-2-12-3-5-15-13(8-12)6-7-20-15/h3,5,8-10H,2,4,6-7H2,1H3. The molecule has 1 aliphatic heterocycles. The summed E-state index contributed by atoms with van der Waals surface area (Å²) in [6.07, 6.45) is 5.45. The quantitative estimate of drug-likeness (QED) is 0.800. The summed E-state index contributed by atoms with van der Waals surface area (Å²) in [5.74, 6) is 1.27. The van der Waals surface area contributed by atoms with Gasteiger partial charge in [0.25, 0.3) is 0 Å². The number of hydrogen-bond acceptors (Lipinski definition) is 4. The molecule has 0 saturated carbocycles. The Hall–Kier alpha value is -2.23. The molecule has 20 heavy (non-hydrogen) atoms. The van der Waals surface area contributed by atoms with E-state index in [-0.39, 0.29) is 5.78 Å². The van der Waals surface area contributed by atoms with Gasteiger partial charge in [-0.3, -0.25) is 4.79 Å². The molecular weight excluding hydrogens is 252 g/mol. The molecular formula is C16H16N2O2. The smallest absolute Gasteiger partial charge is 0.200 e. The lowest BCUT2D eigenvalue weighted by Gasteiger charge is -2.04. The van der Waals surface area contributed by atoms with Gasteiger partial charge in [0.2, 0.25) is 0 Å². The minimum atomic E-state index is -0.0123. The fraction of sp³-hybridized carbons (Fsp3) is 0.312. The lowest BCUT2D eigenvalue weighted by molar-refractivity contribution is 0.0972. The lowest BCUT2D eigenvalue weighted by Crippen LogP contribution is -2.06. The lowest BCUT2D eigenvalue weighted by atomic mass is 10.0.